The Morgan fingerprint density at radius 1 is 1.35 bits per heavy atom. The van der Waals surface area contributed by atoms with Crippen LogP contribution in [0.4, 0.5) is 0 Å². The third-order valence-corrected chi connectivity index (χ3v) is 3.63. The summed E-state index contributed by atoms with van der Waals surface area (Å²) >= 11 is 0. The minimum atomic E-state index is -0.192. The maximum atomic E-state index is 12.0. The molecule has 108 valence electrons. The number of rotatable bonds is 6. The number of carbonyl (C=O) groups excluding carboxylic acids is 2. The van der Waals surface area contributed by atoms with Crippen molar-refractivity contribution >= 4 is 11.8 Å². The van der Waals surface area contributed by atoms with Crippen molar-refractivity contribution in [1.29, 1.82) is 0 Å². The fourth-order valence-corrected chi connectivity index (χ4v) is 2.44. The number of likely N-dealkylation sites (tertiary alicyclic amines) is 1. The Hall–Kier alpha value is -1.84. The zero-order chi connectivity index (χ0) is 14.4. The molecule has 20 heavy (non-hydrogen) atoms. The van der Waals surface area contributed by atoms with Crippen molar-refractivity contribution in [2.24, 2.45) is 5.92 Å². The zero-order valence-electron chi connectivity index (χ0n) is 12.0. The average molecular weight is 274 g/mol. The summed E-state index contributed by atoms with van der Waals surface area (Å²) in [6.45, 7) is 3.93. The quantitative estimate of drug-likeness (QED) is 0.806. The third kappa shape index (κ3) is 3.83. The van der Waals surface area contributed by atoms with Crippen molar-refractivity contribution < 1.29 is 9.59 Å². The molecular weight excluding hydrogens is 252 g/mol. The van der Waals surface area contributed by atoms with Crippen molar-refractivity contribution in [3.8, 4) is 0 Å². The van der Waals surface area contributed by atoms with Gasteiger partial charge in [-0.3, -0.25) is 9.59 Å². The molecule has 0 spiro atoms. The van der Waals surface area contributed by atoms with E-state index in [-0.39, 0.29) is 17.7 Å². The molecule has 1 unspecified atom stereocenters. The molecule has 1 N–H and O–H groups in total. The highest BCUT2D eigenvalue weighted by atomic mass is 16.2. The van der Waals surface area contributed by atoms with Crippen LogP contribution in [0.5, 0.6) is 0 Å². The van der Waals surface area contributed by atoms with E-state index in [1.165, 1.54) is 0 Å². The number of carbonyl (C=O) groups is 2. The molecule has 0 aliphatic carbocycles. The Bertz CT molecular complexity index is 459. The molecule has 1 saturated heterocycles. The first-order chi connectivity index (χ1) is 9.70. The Kier molecular flexibility index (Phi) is 5.16. The molecule has 1 aliphatic rings. The Labute approximate surface area is 120 Å². The molecule has 4 nitrogen and oxygen atoms in total. The predicted octanol–water partition coefficient (Wildman–Crippen LogP) is 1.95. The molecule has 0 radical (unpaired) electrons. The van der Waals surface area contributed by atoms with Gasteiger partial charge in [0.1, 0.15) is 0 Å². The van der Waals surface area contributed by atoms with Crippen LogP contribution in [0.15, 0.2) is 30.3 Å². The van der Waals surface area contributed by atoms with E-state index in [0.717, 1.165) is 18.4 Å². The number of hydrogen-bond acceptors (Lipinski definition) is 2. The first kappa shape index (κ1) is 14.6. The van der Waals surface area contributed by atoms with Crippen LogP contribution in [0.2, 0.25) is 0 Å². The van der Waals surface area contributed by atoms with Gasteiger partial charge in [0.2, 0.25) is 11.8 Å². The van der Waals surface area contributed by atoms with Crippen molar-refractivity contribution in [2.75, 3.05) is 13.1 Å². The summed E-state index contributed by atoms with van der Waals surface area (Å²) in [5.41, 5.74) is 1.10. The first-order valence-corrected chi connectivity index (χ1v) is 7.30. The lowest BCUT2D eigenvalue weighted by Crippen LogP contribution is -2.33. The molecule has 1 aliphatic heterocycles. The van der Waals surface area contributed by atoms with Crippen LogP contribution in [0.1, 0.15) is 31.7 Å². The monoisotopic (exact) mass is 274 g/mol. The number of nitrogens with zero attached hydrogens (tertiary/aromatic N) is 1. The van der Waals surface area contributed by atoms with E-state index < -0.39 is 0 Å². The maximum absolute atomic E-state index is 12.0. The largest absolute Gasteiger partial charge is 0.356 e. The highest BCUT2D eigenvalue weighted by Crippen LogP contribution is 2.20. The SMILES string of the molecule is CCCCNC(=O)C1CC(=O)N(Cc2ccccc2)C1. The molecule has 1 aromatic carbocycles. The van der Waals surface area contributed by atoms with Crippen LogP contribution in [0.25, 0.3) is 0 Å². The normalized spacial score (nSPS) is 18.4. The van der Waals surface area contributed by atoms with E-state index in [0.29, 0.717) is 26.1 Å². The zero-order valence-corrected chi connectivity index (χ0v) is 12.0. The molecule has 0 saturated carbocycles. The summed E-state index contributed by atoms with van der Waals surface area (Å²) in [5, 5.41) is 2.91. The highest BCUT2D eigenvalue weighted by molar-refractivity contribution is 5.89. The molecule has 1 aromatic rings. The van der Waals surface area contributed by atoms with Crippen molar-refractivity contribution in [3.05, 3.63) is 35.9 Å². The van der Waals surface area contributed by atoms with E-state index >= 15 is 0 Å². The van der Waals surface area contributed by atoms with Crippen molar-refractivity contribution in [3.63, 3.8) is 0 Å². The van der Waals surface area contributed by atoms with Crippen LogP contribution in [0.3, 0.4) is 0 Å². The van der Waals surface area contributed by atoms with Gasteiger partial charge in [-0.25, -0.2) is 0 Å². The second-order valence-corrected chi connectivity index (χ2v) is 5.31. The van der Waals surface area contributed by atoms with Crippen LogP contribution >= 0.6 is 0 Å². The van der Waals surface area contributed by atoms with Gasteiger partial charge < -0.3 is 10.2 Å². The molecule has 1 heterocycles. The number of hydrogen-bond donors (Lipinski definition) is 1. The lowest BCUT2D eigenvalue weighted by atomic mass is 10.1. The van der Waals surface area contributed by atoms with E-state index in [4.69, 9.17) is 0 Å². The van der Waals surface area contributed by atoms with Crippen LogP contribution < -0.4 is 5.32 Å². The average Bonchev–Trinajstić information content (AvgIpc) is 2.82. The molecule has 0 bridgehead atoms. The lowest BCUT2D eigenvalue weighted by Gasteiger charge is -2.16. The van der Waals surface area contributed by atoms with Gasteiger partial charge in [0, 0.05) is 26.1 Å². The summed E-state index contributed by atoms with van der Waals surface area (Å²) in [4.78, 5) is 25.7. The smallest absolute Gasteiger partial charge is 0.225 e. The first-order valence-electron chi connectivity index (χ1n) is 7.30. The van der Waals surface area contributed by atoms with Gasteiger partial charge >= 0.3 is 0 Å². The van der Waals surface area contributed by atoms with Crippen LogP contribution in [0, 0.1) is 5.92 Å². The number of benzene rings is 1. The molecule has 2 amide bonds. The lowest BCUT2D eigenvalue weighted by molar-refractivity contribution is -0.129. The fraction of sp³-hybridized carbons (Fsp3) is 0.500. The topological polar surface area (TPSA) is 49.4 Å². The Morgan fingerprint density at radius 2 is 2.10 bits per heavy atom. The summed E-state index contributed by atoms with van der Waals surface area (Å²) in [5.74, 6) is -0.102. The van der Waals surface area contributed by atoms with Crippen molar-refractivity contribution in [2.45, 2.75) is 32.7 Å². The van der Waals surface area contributed by atoms with Crippen LogP contribution in [-0.2, 0) is 16.1 Å². The number of amides is 2. The number of unbranched alkanes of at least 4 members (excludes halogenated alkanes) is 1. The Balaban J connectivity index is 1.85. The minimum absolute atomic E-state index is 0.0161. The predicted molar refractivity (Wildman–Crippen MR) is 77.9 cm³/mol. The highest BCUT2D eigenvalue weighted by Gasteiger charge is 2.33. The Morgan fingerprint density at radius 3 is 2.80 bits per heavy atom. The molecule has 1 fully saturated rings. The summed E-state index contributed by atoms with van der Waals surface area (Å²) in [7, 11) is 0. The van der Waals surface area contributed by atoms with Gasteiger partial charge in [-0.1, -0.05) is 43.7 Å². The van der Waals surface area contributed by atoms with Gasteiger partial charge in [0.15, 0.2) is 0 Å². The molecule has 0 aromatic heterocycles. The van der Waals surface area contributed by atoms with Gasteiger partial charge in [-0.2, -0.15) is 0 Å². The number of nitrogens with one attached hydrogen (secondary N) is 1. The third-order valence-electron chi connectivity index (χ3n) is 3.63. The summed E-state index contributed by atoms with van der Waals surface area (Å²) < 4.78 is 0. The molecule has 2 rings (SSSR count). The van der Waals surface area contributed by atoms with Gasteiger partial charge in [0.05, 0.1) is 5.92 Å². The van der Waals surface area contributed by atoms with Gasteiger partial charge in [0.25, 0.3) is 0 Å². The van der Waals surface area contributed by atoms with E-state index in [1.54, 1.807) is 4.90 Å². The standard InChI is InChI=1S/C16H22N2O2/c1-2-3-9-17-16(20)14-10-15(19)18(12-14)11-13-7-5-4-6-8-13/h4-8,14H,2-3,9-12H2,1H3,(H,17,20). The van der Waals surface area contributed by atoms with Crippen LogP contribution in [-0.4, -0.2) is 29.8 Å². The van der Waals surface area contributed by atoms with E-state index in [2.05, 4.69) is 12.2 Å². The second-order valence-electron chi connectivity index (χ2n) is 5.31. The minimum Gasteiger partial charge on any atom is -0.356 e. The van der Waals surface area contributed by atoms with E-state index in [1.807, 2.05) is 30.3 Å². The van der Waals surface area contributed by atoms with Gasteiger partial charge in [-0.05, 0) is 12.0 Å². The summed E-state index contributed by atoms with van der Waals surface area (Å²) in [6, 6.07) is 9.89. The van der Waals surface area contributed by atoms with Gasteiger partial charge in [-0.15, -0.1) is 0 Å². The fourth-order valence-electron chi connectivity index (χ4n) is 2.44. The summed E-state index contributed by atoms with van der Waals surface area (Å²) in [6.07, 6.45) is 2.38. The van der Waals surface area contributed by atoms with E-state index in [9.17, 15) is 9.59 Å². The molecule has 4 heteroatoms. The maximum Gasteiger partial charge on any atom is 0.225 e. The second kappa shape index (κ2) is 7.08. The molecule has 1 atom stereocenters. The molecular formula is C16H22N2O2. The van der Waals surface area contributed by atoms with Crippen molar-refractivity contribution in [1.82, 2.24) is 10.2 Å².